The number of thioether (sulfide) groups is 1. The Bertz CT molecular complexity index is 722. The number of benzene rings is 2. The van der Waals surface area contributed by atoms with Crippen LogP contribution in [-0.2, 0) is 9.53 Å². The number of ether oxygens (including phenoxy) is 1. The van der Waals surface area contributed by atoms with Crippen molar-refractivity contribution >= 4 is 40.9 Å². The van der Waals surface area contributed by atoms with Crippen LogP contribution in [0.1, 0.15) is 10.4 Å². The summed E-state index contributed by atoms with van der Waals surface area (Å²) in [6.07, 6.45) is 0. The van der Waals surface area contributed by atoms with Gasteiger partial charge in [-0.2, -0.15) is 0 Å². The first-order valence-electron chi connectivity index (χ1n) is 6.55. The van der Waals surface area contributed by atoms with Gasteiger partial charge in [0.15, 0.2) is 0 Å². The van der Waals surface area contributed by atoms with E-state index in [2.05, 4.69) is 10.1 Å². The van der Waals surface area contributed by atoms with Gasteiger partial charge >= 0.3 is 5.97 Å². The van der Waals surface area contributed by atoms with Crippen molar-refractivity contribution in [1.29, 1.82) is 0 Å². The third kappa shape index (κ3) is 4.97. The molecule has 0 saturated heterocycles. The Labute approximate surface area is 142 Å². The van der Waals surface area contributed by atoms with E-state index >= 15 is 0 Å². The third-order valence-electron chi connectivity index (χ3n) is 2.85. The normalized spacial score (nSPS) is 10.2. The molecule has 0 aliphatic rings. The Hall–Kier alpha value is -2.05. The standard InChI is InChI=1S/C16H13ClFNO3S/c1-22-16(21)10-2-4-11(5-3-10)19-15(20)9-23-12-6-7-14(18)13(17)8-12/h2-8H,9H2,1H3,(H,19,20). The Balaban J connectivity index is 1.89. The first kappa shape index (κ1) is 17.3. The van der Waals surface area contributed by atoms with Gasteiger partial charge in [0.1, 0.15) is 5.82 Å². The maximum absolute atomic E-state index is 13.0. The van der Waals surface area contributed by atoms with Crippen molar-refractivity contribution in [3.05, 3.63) is 58.9 Å². The Morgan fingerprint density at radius 1 is 1.22 bits per heavy atom. The van der Waals surface area contributed by atoms with E-state index in [0.29, 0.717) is 16.1 Å². The van der Waals surface area contributed by atoms with Crippen LogP contribution < -0.4 is 5.32 Å². The first-order valence-corrected chi connectivity index (χ1v) is 7.92. The smallest absolute Gasteiger partial charge is 0.337 e. The van der Waals surface area contributed by atoms with Crippen LogP contribution in [0.2, 0.25) is 5.02 Å². The van der Waals surface area contributed by atoms with Crippen molar-refractivity contribution in [2.24, 2.45) is 0 Å². The minimum atomic E-state index is -0.494. The third-order valence-corrected chi connectivity index (χ3v) is 4.13. The lowest BCUT2D eigenvalue weighted by atomic mass is 10.2. The van der Waals surface area contributed by atoms with E-state index in [9.17, 15) is 14.0 Å². The molecule has 2 aromatic carbocycles. The summed E-state index contributed by atoms with van der Waals surface area (Å²) < 4.78 is 17.6. The van der Waals surface area contributed by atoms with Crippen LogP contribution >= 0.6 is 23.4 Å². The quantitative estimate of drug-likeness (QED) is 0.652. The molecule has 0 bridgehead atoms. The highest BCUT2D eigenvalue weighted by molar-refractivity contribution is 8.00. The summed E-state index contributed by atoms with van der Waals surface area (Å²) in [5, 5.41) is 2.73. The second-order valence-corrected chi connectivity index (χ2v) is 5.94. The molecule has 0 aliphatic carbocycles. The van der Waals surface area contributed by atoms with E-state index in [1.54, 1.807) is 30.3 Å². The molecule has 2 rings (SSSR count). The van der Waals surface area contributed by atoms with Crippen molar-refractivity contribution in [3.8, 4) is 0 Å². The van der Waals surface area contributed by atoms with E-state index in [4.69, 9.17) is 11.6 Å². The van der Waals surface area contributed by atoms with E-state index in [-0.39, 0.29) is 16.7 Å². The molecule has 0 aliphatic heterocycles. The fourth-order valence-corrected chi connectivity index (χ4v) is 2.70. The summed E-state index contributed by atoms with van der Waals surface area (Å²) in [7, 11) is 1.30. The molecule has 0 saturated carbocycles. The summed E-state index contributed by atoms with van der Waals surface area (Å²) in [6, 6.07) is 10.6. The summed E-state index contributed by atoms with van der Waals surface area (Å²) in [5.41, 5.74) is 0.973. The number of esters is 1. The number of nitrogens with one attached hydrogen (secondary N) is 1. The number of rotatable bonds is 5. The molecule has 7 heteroatoms. The molecule has 0 heterocycles. The summed E-state index contributed by atoms with van der Waals surface area (Å²) >= 11 is 6.93. The SMILES string of the molecule is COC(=O)c1ccc(NC(=O)CSc2ccc(F)c(Cl)c2)cc1. The van der Waals surface area contributed by atoms with Crippen LogP contribution in [0.4, 0.5) is 10.1 Å². The maximum atomic E-state index is 13.0. The second kappa shape index (κ2) is 7.99. The van der Waals surface area contributed by atoms with Crippen LogP contribution in [0, 0.1) is 5.82 Å². The zero-order valence-electron chi connectivity index (χ0n) is 12.1. The molecule has 2 aromatic rings. The Kier molecular flexibility index (Phi) is 6.01. The second-order valence-electron chi connectivity index (χ2n) is 4.48. The number of amides is 1. The van der Waals surface area contributed by atoms with Gasteiger partial charge in [0.05, 0.1) is 23.4 Å². The molecule has 120 valence electrons. The molecule has 1 N–H and O–H groups in total. The number of halogens is 2. The molecule has 23 heavy (non-hydrogen) atoms. The highest BCUT2D eigenvalue weighted by Crippen LogP contribution is 2.24. The Morgan fingerprint density at radius 3 is 2.52 bits per heavy atom. The van der Waals surface area contributed by atoms with Gasteiger partial charge in [-0.3, -0.25) is 4.79 Å². The first-order chi connectivity index (χ1) is 11.0. The average molecular weight is 354 g/mol. The number of methoxy groups -OCH3 is 1. The number of carbonyl (C=O) groups excluding carboxylic acids is 2. The number of carbonyl (C=O) groups is 2. The van der Waals surface area contributed by atoms with Gasteiger partial charge in [-0.15, -0.1) is 11.8 Å². The zero-order valence-corrected chi connectivity index (χ0v) is 13.7. The van der Waals surface area contributed by atoms with Crippen LogP contribution in [0.15, 0.2) is 47.4 Å². The number of anilines is 1. The highest BCUT2D eigenvalue weighted by atomic mass is 35.5. The van der Waals surface area contributed by atoms with Gasteiger partial charge in [-0.05, 0) is 42.5 Å². The summed E-state index contributed by atoms with van der Waals surface area (Å²) in [5.74, 6) is -1.00. The van der Waals surface area contributed by atoms with E-state index in [1.165, 1.54) is 31.0 Å². The van der Waals surface area contributed by atoms with Gasteiger partial charge < -0.3 is 10.1 Å². The van der Waals surface area contributed by atoms with Crippen LogP contribution in [0.3, 0.4) is 0 Å². The average Bonchev–Trinajstić information content (AvgIpc) is 2.56. The molecular weight excluding hydrogens is 341 g/mol. The van der Waals surface area contributed by atoms with Crippen molar-refractivity contribution in [1.82, 2.24) is 0 Å². The lowest BCUT2D eigenvalue weighted by molar-refractivity contribution is -0.113. The molecule has 0 fully saturated rings. The zero-order chi connectivity index (χ0) is 16.8. The van der Waals surface area contributed by atoms with Crippen LogP contribution in [0.5, 0.6) is 0 Å². The minimum Gasteiger partial charge on any atom is -0.465 e. The van der Waals surface area contributed by atoms with Gasteiger partial charge in [-0.25, -0.2) is 9.18 Å². The monoisotopic (exact) mass is 353 g/mol. The van der Waals surface area contributed by atoms with E-state index in [1.807, 2.05) is 0 Å². The molecular formula is C16H13ClFNO3S. The van der Waals surface area contributed by atoms with Crippen molar-refractivity contribution < 1.29 is 18.7 Å². The van der Waals surface area contributed by atoms with Crippen LogP contribution in [-0.4, -0.2) is 24.7 Å². The predicted octanol–water partition coefficient (Wildman–Crippen LogP) is 4.00. The summed E-state index contributed by atoms with van der Waals surface area (Å²) in [4.78, 5) is 23.9. The minimum absolute atomic E-state index is 0.0220. The highest BCUT2D eigenvalue weighted by Gasteiger charge is 2.08. The predicted molar refractivity (Wildman–Crippen MR) is 88.5 cm³/mol. The van der Waals surface area contributed by atoms with Gasteiger partial charge in [0.2, 0.25) is 5.91 Å². The molecule has 0 aromatic heterocycles. The van der Waals surface area contributed by atoms with Crippen molar-refractivity contribution in [3.63, 3.8) is 0 Å². The van der Waals surface area contributed by atoms with Gasteiger partial charge in [0.25, 0.3) is 0 Å². The number of hydrogen-bond donors (Lipinski definition) is 1. The molecule has 4 nitrogen and oxygen atoms in total. The molecule has 1 amide bonds. The van der Waals surface area contributed by atoms with Crippen molar-refractivity contribution in [2.45, 2.75) is 4.90 Å². The van der Waals surface area contributed by atoms with E-state index < -0.39 is 11.8 Å². The molecule has 0 spiro atoms. The Morgan fingerprint density at radius 2 is 1.91 bits per heavy atom. The summed E-state index contributed by atoms with van der Waals surface area (Å²) in [6.45, 7) is 0. The lowest BCUT2D eigenvalue weighted by Crippen LogP contribution is -2.14. The van der Waals surface area contributed by atoms with Crippen molar-refractivity contribution in [2.75, 3.05) is 18.2 Å². The fourth-order valence-electron chi connectivity index (χ4n) is 1.72. The van der Waals surface area contributed by atoms with Gasteiger partial charge in [0, 0.05) is 10.6 Å². The van der Waals surface area contributed by atoms with E-state index in [0.717, 1.165) is 0 Å². The molecule has 0 unspecified atom stereocenters. The van der Waals surface area contributed by atoms with Gasteiger partial charge in [-0.1, -0.05) is 11.6 Å². The number of hydrogen-bond acceptors (Lipinski definition) is 4. The maximum Gasteiger partial charge on any atom is 0.337 e. The van der Waals surface area contributed by atoms with Crippen LogP contribution in [0.25, 0.3) is 0 Å². The molecule has 0 atom stereocenters. The fraction of sp³-hybridized carbons (Fsp3) is 0.125. The molecule has 0 radical (unpaired) electrons. The largest absolute Gasteiger partial charge is 0.465 e. The topological polar surface area (TPSA) is 55.4 Å². The lowest BCUT2D eigenvalue weighted by Gasteiger charge is -2.06.